The molecule has 0 atom stereocenters. The molecule has 4 aromatic rings. The topological polar surface area (TPSA) is 25.8 Å². The van der Waals surface area contributed by atoms with Crippen molar-refractivity contribution in [2.75, 3.05) is 0 Å². The molecule has 0 saturated heterocycles. The molecule has 25 heavy (non-hydrogen) atoms. The van der Waals surface area contributed by atoms with E-state index in [1.54, 1.807) is 35.1 Å². The van der Waals surface area contributed by atoms with Crippen LogP contribution in [0, 0.1) is 26.0 Å². The largest absolute Gasteiger partial charge is 2.00 e. The molecular formula is C20H16N2PtS2. The first-order chi connectivity index (χ1) is 11.7. The normalized spacial score (nSPS) is 9.68. The molecule has 0 fully saturated rings. The summed E-state index contributed by atoms with van der Waals surface area (Å²) in [5, 5.41) is 0. The van der Waals surface area contributed by atoms with Crippen LogP contribution in [-0.4, -0.2) is 9.97 Å². The Hall–Kier alpha value is -1.61. The number of pyridine rings is 2. The van der Waals surface area contributed by atoms with Crippen molar-refractivity contribution in [3.63, 3.8) is 0 Å². The molecule has 0 aliphatic rings. The van der Waals surface area contributed by atoms with Gasteiger partial charge in [-0.15, -0.1) is 0 Å². The van der Waals surface area contributed by atoms with Crippen LogP contribution >= 0.6 is 22.7 Å². The molecule has 0 radical (unpaired) electrons. The van der Waals surface area contributed by atoms with Crippen molar-refractivity contribution in [2.24, 2.45) is 0 Å². The zero-order valence-electron chi connectivity index (χ0n) is 13.8. The zero-order valence-corrected chi connectivity index (χ0v) is 17.7. The van der Waals surface area contributed by atoms with Crippen LogP contribution in [0.15, 0.2) is 60.9 Å². The van der Waals surface area contributed by atoms with Crippen LogP contribution < -0.4 is 0 Å². The smallest absolute Gasteiger partial charge is 0.319 e. The van der Waals surface area contributed by atoms with E-state index in [4.69, 9.17) is 0 Å². The Kier molecular flexibility index (Phi) is 7.70. The first kappa shape index (κ1) is 19.7. The van der Waals surface area contributed by atoms with Crippen LogP contribution in [-0.2, 0) is 21.1 Å². The quantitative estimate of drug-likeness (QED) is 0.297. The monoisotopic (exact) mass is 543 g/mol. The Balaban J connectivity index is 0.000000173. The molecule has 0 spiro atoms. The Labute approximate surface area is 170 Å². The van der Waals surface area contributed by atoms with E-state index in [0.717, 1.165) is 21.1 Å². The van der Waals surface area contributed by atoms with Crippen molar-refractivity contribution >= 4 is 22.7 Å². The van der Waals surface area contributed by atoms with Gasteiger partial charge in [-0.25, -0.2) is 22.7 Å². The Morgan fingerprint density at radius 1 is 0.720 bits per heavy atom. The molecule has 0 bridgehead atoms. The van der Waals surface area contributed by atoms with E-state index in [9.17, 15) is 0 Å². The Morgan fingerprint density at radius 3 is 1.44 bits per heavy atom. The van der Waals surface area contributed by atoms with Crippen molar-refractivity contribution in [3.05, 3.63) is 82.8 Å². The minimum absolute atomic E-state index is 0. The first-order valence-corrected chi connectivity index (χ1v) is 9.15. The molecule has 0 aliphatic heterocycles. The molecule has 5 heteroatoms. The fraction of sp³-hybridized carbons (Fsp3) is 0.100. The number of thiophene rings is 2. The third kappa shape index (κ3) is 5.71. The molecule has 4 heterocycles. The summed E-state index contributed by atoms with van der Waals surface area (Å²) in [6.07, 6.45) is 3.61. The third-order valence-electron chi connectivity index (χ3n) is 3.13. The molecule has 0 saturated carbocycles. The van der Waals surface area contributed by atoms with Crippen LogP contribution in [0.25, 0.3) is 21.1 Å². The maximum atomic E-state index is 4.24. The van der Waals surface area contributed by atoms with Gasteiger partial charge >= 0.3 is 21.1 Å². The fourth-order valence-electron chi connectivity index (χ4n) is 2.02. The maximum absolute atomic E-state index is 4.24. The number of nitrogens with zero attached hydrogens (tertiary/aromatic N) is 2. The van der Waals surface area contributed by atoms with Gasteiger partial charge in [-0.1, -0.05) is 57.6 Å². The average molecular weight is 544 g/mol. The van der Waals surface area contributed by atoms with Crippen LogP contribution in [0.1, 0.15) is 9.75 Å². The van der Waals surface area contributed by atoms with Crippen molar-refractivity contribution in [3.8, 4) is 21.1 Å². The second kappa shape index (κ2) is 9.76. The SMILES string of the molecule is Cc1c[c-]c(-c2ccccn2)s1.Cc1c[c-]c(-c2ccccn2)s1.[Pt+2]. The van der Waals surface area contributed by atoms with Crippen molar-refractivity contribution < 1.29 is 21.1 Å². The minimum atomic E-state index is 0. The molecule has 0 N–H and O–H groups in total. The van der Waals surface area contributed by atoms with E-state index in [1.165, 1.54) is 9.75 Å². The summed E-state index contributed by atoms with van der Waals surface area (Å²) < 4.78 is 0. The number of hydrogen-bond acceptors (Lipinski definition) is 4. The van der Waals surface area contributed by atoms with Crippen LogP contribution in [0.5, 0.6) is 0 Å². The molecule has 0 amide bonds. The van der Waals surface area contributed by atoms with E-state index in [-0.39, 0.29) is 21.1 Å². The van der Waals surface area contributed by atoms with Gasteiger partial charge in [0.25, 0.3) is 0 Å². The maximum Gasteiger partial charge on any atom is 2.00 e. The van der Waals surface area contributed by atoms with Gasteiger partial charge in [0.1, 0.15) is 0 Å². The Bertz CT molecular complexity index is 810. The van der Waals surface area contributed by atoms with Gasteiger partial charge in [-0.05, 0) is 23.5 Å². The first-order valence-electron chi connectivity index (χ1n) is 7.51. The summed E-state index contributed by atoms with van der Waals surface area (Å²) in [7, 11) is 0. The summed E-state index contributed by atoms with van der Waals surface area (Å²) in [5.41, 5.74) is 2.02. The summed E-state index contributed by atoms with van der Waals surface area (Å²) >= 11 is 3.45. The minimum Gasteiger partial charge on any atom is -0.319 e. The number of aromatic nitrogens is 2. The van der Waals surface area contributed by atoms with Gasteiger partial charge in [-0.3, -0.25) is 0 Å². The van der Waals surface area contributed by atoms with Crippen LogP contribution in [0.4, 0.5) is 0 Å². The molecular weight excluding hydrogens is 527 g/mol. The second-order valence-corrected chi connectivity index (χ2v) is 7.60. The van der Waals surface area contributed by atoms with Gasteiger partial charge < -0.3 is 9.97 Å². The summed E-state index contributed by atoms with van der Waals surface area (Å²) in [6.45, 7) is 4.15. The van der Waals surface area contributed by atoms with Gasteiger partial charge in [0.05, 0.1) is 0 Å². The van der Waals surface area contributed by atoms with E-state index < -0.39 is 0 Å². The molecule has 4 aromatic heterocycles. The van der Waals surface area contributed by atoms with E-state index in [0.29, 0.717) is 0 Å². The predicted octanol–water partition coefficient (Wildman–Crippen LogP) is 5.83. The van der Waals surface area contributed by atoms with Crippen molar-refractivity contribution in [1.29, 1.82) is 0 Å². The summed E-state index contributed by atoms with van der Waals surface area (Å²) in [5.74, 6) is 0. The van der Waals surface area contributed by atoms with E-state index in [2.05, 4.69) is 35.9 Å². The third-order valence-corrected chi connectivity index (χ3v) is 5.08. The van der Waals surface area contributed by atoms with Gasteiger partial charge in [0.2, 0.25) is 0 Å². The molecule has 0 aliphatic carbocycles. The van der Waals surface area contributed by atoms with Crippen molar-refractivity contribution in [2.45, 2.75) is 13.8 Å². The van der Waals surface area contributed by atoms with Crippen LogP contribution in [0.2, 0.25) is 0 Å². The molecule has 2 nitrogen and oxygen atoms in total. The molecule has 0 unspecified atom stereocenters. The molecule has 0 aromatic carbocycles. The standard InChI is InChI=1S/2C10H8NS.Pt/c2*1-8-5-6-10(12-8)9-4-2-3-7-11-9;/h2*2-5,7H,1H3;/q2*-1;+2. The predicted molar refractivity (Wildman–Crippen MR) is 102 cm³/mol. The molecule has 4 rings (SSSR count). The summed E-state index contributed by atoms with van der Waals surface area (Å²) in [6, 6.07) is 22.2. The van der Waals surface area contributed by atoms with E-state index in [1.807, 2.05) is 48.5 Å². The second-order valence-electron chi connectivity index (χ2n) is 5.09. The van der Waals surface area contributed by atoms with E-state index >= 15 is 0 Å². The zero-order chi connectivity index (χ0) is 16.8. The Morgan fingerprint density at radius 2 is 1.16 bits per heavy atom. The number of rotatable bonds is 2. The van der Waals surface area contributed by atoms with Gasteiger partial charge in [0.15, 0.2) is 0 Å². The number of hydrogen-bond donors (Lipinski definition) is 0. The summed E-state index contributed by atoms with van der Waals surface area (Å²) in [4.78, 5) is 13.3. The van der Waals surface area contributed by atoms with Crippen LogP contribution in [0.3, 0.4) is 0 Å². The van der Waals surface area contributed by atoms with Crippen molar-refractivity contribution in [1.82, 2.24) is 9.97 Å². The van der Waals surface area contributed by atoms with Gasteiger partial charge in [0, 0.05) is 12.4 Å². The average Bonchev–Trinajstić information content (AvgIpc) is 3.26. The fourth-order valence-corrected chi connectivity index (χ4v) is 3.59. The number of aryl methyl sites for hydroxylation is 2. The van der Waals surface area contributed by atoms with Gasteiger partial charge in [-0.2, -0.15) is 24.3 Å². The molecule has 128 valence electrons.